The van der Waals surface area contributed by atoms with Crippen molar-refractivity contribution < 1.29 is 4.74 Å². The van der Waals surface area contributed by atoms with Gasteiger partial charge in [0.05, 0.1) is 6.04 Å². The summed E-state index contributed by atoms with van der Waals surface area (Å²) in [6, 6.07) is 11.6. The van der Waals surface area contributed by atoms with Crippen LogP contribution in [0, 0.1) is 6.92 Å². The van der Waals surface area contributed by atoms with Crippen LogP contribution >= 0.6 is 0 Å². The predicted molar refractivity (Wildman–Crippen MR) is 67.8 cm³/mol. The Morgan fingerprint density at radius 3 is 2.59 bits per heavy atom. The van der Waals surface area contributed by atoms with E-state index in [0.717, 1.165) is 16.9 Å². The van der Waals surface area contributed by atoms with E-state index in [1.807, 2.05) is 43.3 Å². The highest BCUT2D eigenvalue weighted by atomic mass is 16.5. The van der Waals surface area contributed by atoms with E-state index in [4.69, 9.17) is 10.5 Å². The third-order valence-electron chi connectivity index (χ3n) is 2.65. The van der Waals surface area contributed by atoms with Crippen molar-refractivity contribution in [3.05, 3.63) is 59.9 Å². The summed E-state index contributed by atoms with van der Waals surface area (Å²) in [6.45, 7) is 2.49. The van der Waals surface area contributed by atoms with Crippen LogP contribution in [0.5, 0.6) is 5.75 Å². The summed E-state index contributed by atoms with van der Waals surface area (Å²) in [7, 11) is 0. The Kier molecular flexibility index (Phi) is 3.73. The molecule has 1 heterocycles. The number of hydrogen-bond acceptors (Lipinski definition) is 3. The zero-order chi connectivity index (χ0) is 12.1. The normalized spacial score (nSPS) is 12.1. The minimum absolute atomic E-state index is 0.127. The van der Waals surface area contributed by atoms with Crippen molar-refractivity contribution in [2.45, 2.75) is 13.0 Å². The van der Waals surface area contributed by atoms with Crippen molar-refractivity contribution in [3.63, 3.8) is 0 Å². The van der Waals surface area contributed by atoms with Crippen LogP contribution in [0.2, 0.25) is 0 Å². The van der Waals surface area contributed by atoms with Crippen LogP contribution in [-0.4, -0.2) is 11.6 Å². The molecule has 0 bridgehead atoms. The van der Waals surface area contributed by atoms with Crippen molar-refractivity contribution >= 4 is 0 Å². The molecule has 1 unspecified atom stereocenters. The number of para-hydroxylation sites is 1. The minimum atomic E-state index is -0.127. The van der Waals surface area contributed by atoms with E-state index in [9.17, 15) is 0 Å². The molecule has 3 heteroatoms. The van der Waals surface area contributed by atoms with Gasteiger partial charge in [0.1, 0.15) is 12.4 Å². The number of rotatable bonds is 4. The fourth-order valence-corrected chi connectivity index (χ4v) is 1.60. The molecule has 2 aromatic rings. The molecule has 88 valence electrons. The summed E-state index contributed by atoms with van der Waals surface area (Å²) in [5.74, 6) is 0.886. The van der Waals surface area contributed by atoms with Gasteiger partial charge < -0.3 is 10.5 Å². The maximum atomic E-state index is 6.04. The van der Waals surface area contributed by atoms with Crippen LogP contribution < -0.4 is 10.5 Å². The van der Waals surface area contributed by atoms with Crippen molar-refractivity contribution in [1.82, 2.24) is 4.98 Å². The number of pyridine rings is 1. The van der Waals surface area contributed by atoms with Crippen LogP contribution in [0.25, 0.3) is 0 Å². The molecule has 0 aliphatic heterocycles. The maximum Gasteiger partial charge on any atom is 0.122 e. The molecule has 1 atom stereocenters. The van der Waals surface area contributed by atoms with E-state index >= 15 is 0 Å². The van der Waals surface area contributed by atoms with E-state index in [0.29, 0.717) is 6.61 Å². The number of nitrogens with zero attached hydrogens (tertiary/aromatic N) is 1. The van der Waals surface area contributed by atoms with Gasteiger partial charge in [-0.15, -0.1) is 0 Å². The lowest BCUT2D eigenvalue weighted by molar-refractivity contribution is 0.289. The molecule has 2 N–H and O–H groups in total. The highest BCUT2D eigenvalue weighted by molar-refractivity contribution is 5.31. The van der Waals surface area contributed by atoms with E-state index in [-0.39, 0.29) is 6.04 Å². The first-order valence-electron chi connectivity index (χ1n) is 5.61. The van der Waals surface area contributed by atoms with Crippen molar-refractivity contribution in [3.8, 4) is 5.75 Å². The molecule has 0 amide bonds. The summed E-state index contributed by atoms with van der Waals surface area (Å²) in [6.07, 6.45) is 3.48. The Morgan fingerprint density at radius 2 is 1.88 bits per heavy atom. The molecule has 1 aromatic carbocycles. The summed E-state index contributed by atoms with van der Waals surface area (Å²) in [4.78, 5) is 3.96. The fraction of sp³-hybridized carbons (Fsp3) is 0.214. The predicted octanol–water partition coefficient (Wildman–Crippen LogP) is 2.47. The third kappa shape index (κ3) is 3.04. The number of benzene rings is 1. The molecule has 2 rings (SSSR count). The number of aromatic nitrogens is 1. The second-order valence-electron chi connectivity index (χ2n) is 3.96. The molecule has 3 nitrogen and oxygen atoms in total. The summed E-state index contributed by atoms with van der Waals surface area (Å²) in [5.41, 5.74) is 8.20. The second kappa shape index (κ2) is 5.46. The zero-order valence-electron chi connectivity index (χ0n) is 9.84. The van der Waals surface area contributed by atoms with E-state index in [2.05, 4.69) is 4.98 Å². The molecule has 17 heavy (non-hydrogen) atoms. The van der Waals surface area contributed by atoms with Gasteiger partial charge in [0.25, 0.3) is 0 Å². The minimum Gasteiger partial charge on any atom is -0.491 e. The first kappa shape index (κ1) is 11.6. The standard InChI is InChI=1S/C14H16N2O/c1-11-4-2-3-5-14(11)17-10-13(15)12-6-8-16-9-7-12/h2-9,13H,10,15H2,1H3. The second-order valence-corrected chi connectivity index (χ2v) is 3.96. The number of hydrogen-bond donors (Lipinski definition) is 1. The molecule has 0 aliphatic rings. The van der Waals surface area contributed by atoms with Crippen LogP contribution in [-0.2, 0) is 0 Å². The Balaban J connectivity index is 1.97. The summed E-state index contributed by atoms with van der Waals surface area (Å²) in [5, 5.41) is 0. The number of ether oxygens (including phenoxy) is 1. The largest absolute Gasteiger partial charge is 0.491 e. The molecule has 0 fully saturated rings. The van der Waals surface area contributed by atoms with Crippen LogP contribution in [0.4, 0.5) is 0 Å². The van der Waals surface area contributed by atoms with Crippen molar-refractivity contribution in [2.75, 3.05) is 6.61 Å². The van der Waals surface area contributed by atoms with Gasteiger partial charge >= 0.3 is 0 Å². The Hall–Kier alpha value is -1.87. The fourth-order valence-electron chi connectivity index (χ4n) is 1.60. The Bertz CT molecular complexity index is 471. The molecule has 0 saturated heterocycles. The third-order valence-corrected chi connectivity index (χ3v) is 2.65. The number of nitrogens with two attached hydrogens (primary N) is 1. The van der Waals surface area contributed by atoms with Gasteiger partial charge in [0.2, 0.25) is 0 Å². The highest BCUT2D eigenvalue weighted by Crippen LogP contribution is 2.18. The van der Waals surface area contributed by atoms with Gasteiger partial charge in [0.15, 0.2) is 0 Å². The Labute approximate surface area is 101 Å². The zero-order valence-corrected chi connectivity index (χ0v) is 9.84. The smallest absolute Gasteiger partial charge is 0.122 e. The van der Waals surface area contributed by atoms with Gasteiger partial charge in [-0.25, -0.2) is 0 Å². The number of aryl methyl sites for hydroxylation is 1. The van der Waals surface area contributed by atoms with E-state index < -0.39 is 0 Å². The lowest BCUT2D eigenvalue weighted by Crippen LogP contribution is -2.19. The first-order valence-corrected chi connectivity index (χ1v) is 5.61. The SMILES string of the molecule is Cc1ccccc1OCC(N)c1ccncc1. The lowest BCUT2D eigenvalue weighted by atomic mass is 10.1. The monoisotopic (exact) mass is 228 g/mol. The Morgan fingerprint density at radius 1 is 1.18 bits per heavy atom. The molecule has 0 aliphatic carbocycles. The molecule has 1 aromatic heterocycles. The average molecular weight is 228 g/mol. The first-order chi connectivity index (χ1) is 8.27. The van der Waals surface area contributed by atoms with Gasteiger partial charge in [-0.3, -0.25) is 4.98 Å². The van der Waals surface area contributed by atoms with Crippen molar-refractivity contribution in [2.24, 2.45) is 5.73 Å². The summed E-state index contributed by atoms with van der Waals surface area (Å²) >= 11 is 0. The van der Waals surface area contributed by atoms with Gasteiger partial charge in [0, 0.05) is 12.4 Å². The van der Waals surface area contributed by atoms with Crippen LogP contribution in [0.3, 0.4) is 0 Å². The van der Waals surface area contributed by atoms with E-state index in [1.54, 1.807) is 12.4 Å². The highest BCUT2D eigenvalue weighted by Gasteiger charge is 2.07. The van der Waals surface area contributed by atoms with Crippen LogP contribution in [0.15, 0.2) is 48.8 Å². The quantitative estimate of drug-likeness (QED) is 0.874. The molecule has 0 spiro atoms. The lowest BCUT2D eigenvalue weighted by Gasteiger charge is -2.14. The topological polar surface area (TPSA) is 48.1 Å². The van der Waals surface area contributed by atoms with Crippen LogP contribution in [0.1, 0.15) is 17.2 Å². The molecular weight excluding hydrogens is 212 g/mol. The molecule has 0 saturated carbocycles. The average Bonchev–Trinajstić information content (AvgIpc) is 2.38. The summed E-state index contributed by atoms with van der Waals surface area (Å²) < 4.78 is 5.71. The van der Waals surface area contributed by atoms with Crippen molar-refractivity contribution in [1.29, 1.82) is 0 Å². The van der Waals surface area contributed by atoms with Gasteiger partial charge in [-0.2, -0.15) is 0 Å². The van der Waals surface area contributed by atoms with Gasteiger partial charge in [-0.1, -0.05) is 18.2 Å². The molecular formula is C14H16N2O. The molecule has 0 radical (unpaired) electrons. The van der Waals surface area contributed by atoms with E-state index in [1.165, 1.54) is 0 Å². The maximum absolute atomic E-state index is 6.04. The van der Waals surface area contributed by atoms with Gasteiger partial charge in [-0.05, 0) is 36.2 Å².